The van der Waals surface area contributed by atoms with E-state index < -0.39 is 0 Å². The standard InChI is InChI=1S/C17H18N4O2S/c1-10-9-14(18-8-7-16-11(2)20-12(3)24-16)13-5-4-6-15(21(22)23)17(13)19-10/h4-6,9H,7-8H2,1-3H3,(H,18,19). The molecule has 0 amide bonds. The van der Waals surface area contributed by atoms with Crippen LogP contribution in [0.15, 0.2) is 24.3 Å². The molecule has 2 aromatic heterocycles. The van der Waals surface area contributed by atoms with E-state index in [0.717, 1.165) is 40.4 Å². The maximum Gasteiger partial charge on any atom is 0.295 e. The van der Waals surface area contributed by atoms with E-state index in [-0.39, 0.29) is 10.6 Å². The molecule has 1 N–H and O–H groups in total. The molecule has 0 atom stereocenters. The number of nitro benzene ring substituents is 1. The molecule has 7 heteroatoms. The molecule has 6 nitrogen and oxygen atoms in total. The number of anilines is 1. The van der Waals surface area contributed by atoms with E-state index in [1.54, 1.807) is 17.4 Å². The van der Waals surface area contributed by atoms with Crippen molar-refractivity contribution in [2.45, 2.75) is 27.2 Å². The molecule has 0 radical (unpaired) electrons. The zero-order chi connectivity index (χ0) is 17.3. The van der Waals surface area contributed by atoms with Crippen LogP contribution in [0.3, 0.4) is 0 Å². The summed E-state index contributed by atoms with van der Waals surface area (Å²) in [7, 11) is 0. The number of hydrogen-bond acceptors (Lipinski definition) is 6. The number of nitrogens with one attached hydrogen (secondary N) is 1. The molecule has 0 aliphatic heterocycles. The normalized spacial score (nSPS) is 11.0. The lowest BCUT2D eigenvalue weighted by molar-refractivity contribution is -0.383. The first-order valence-electron chi connectivity index (χ1n) is 7.67. The number of thiazole rings is 1. The zero-order valence-electron chi connectivity index (χ0n) is 13.8. The maximum absolute atomic E-state index is 11.2. The third kappa shape index (κ3) is 3.21. The number of benzene rings is 1. The molecule has 2 heterocycles. The fraction of sp³-hybridized carbons (Fsp3) is 0.294. The van der Waals surface area contributed by atoms with E-state index in [1.165, 1.54) is 10.9 Å². The average Bonchev–Trinajstić information content (AvgIpc) is 2.84. The molecule has 3 rings (SSSR count). The van der Waals surface area contributed by atoms with Crippen LogP contribution in [0.4, 0.5) is 11.4 Å². The number of pyridine rings is 1. The Labute approximate surface area is 143 Å². The first-order valence-corrected chi connectivity index (χ1v) is 8.49. The number of aromatic nitrogens is 2. The SMILES string of the molecule is Cc1cc(NCCc2sc(C)nc2C)c2cccc([N+](=O)[O-])c2n1. The molecule has 0 spiro atoms. The number of hydrogen-bond donors (Lipinski definition) is 1. The molecule has 0 fully saturated rings. The quantitative estimate of drug-likeness (QED) is 0.556. The van der Waals surface area contributed by atoms with E-state index in [0.29, 0.717) is 5.52 Å². The van der Waals surface area contributed by atoms with Gasteiger partial charge in [-0.15, -0.1) is 11.3 Å². The van der Waals surface area contributed by atoms with E-state index in [1.807, 2.05) is 32.9 Å². The first kappa shape index (κ1) is 16.3. The highest BCUT2D eigenvalue weighted by Crippen LogP contribution is 2.30. The molecule has 1 aromatic carbocycles. The molecule has 0 aliphatic carbocycles. The van der Waals surface area contributed by atoms with Crippen LogP contribution in [0, 0.1) is 30.9 Å². The van der Waals surface area contributed by atoms with Gasteiger partial charge in [-0.2, -0.15) is 0 Å². The van der Waals surface area contributed by atoms with E-state index >= 15 is 0 Å². The lowest BCUT2D eigenvalue weighted by Gasteiger charge is -2.10. The van der Waals surface area contributed by atoms with Crippen LogP contribution in [0.25, 0.3) is 10.9 Å². The van der Waals surface area contributed by atoms with E-state index in [4.69, 9.17) is 0 Å². The molecule has 3 aromatic rings. The monoisotopic (exact) mass is 342 g/mol. The first-order chi connectivity index (χ1) is 11.5. The van der Waals surface area contributed by atoms with Crippen LogP contribution in [0.1, 0.15) is 21.3 Å². The van der Waals surface area contributed by atoms with Crippen molar-refractivity contribution in [3.8, 4) is 0 Å². The number of fused-ring (bicyclic) bond motifs is 1. The Kier molecular flexibility index (Phi) is 4.44. The fourth-order valence-corrected chi connectivity index (χ4v) is 3.71. The van der Waals surface area contributed by atoms with Crippen LogP contribution in [-0.2, 0) is 6.42 Å². The summed E-state index contributed by atoms with van der Waals surface area (Å²) in [5.74, 6) is 0. The largest absolute Gasteiger partial charge is 0.384 e. The lowest BCUT2D eigenvalue weighted by atomic mass is 10.1. The highest BCUT2D eigenvalue weighted by atomic mass is 32.1. The van der Waals surface area contributed by atoms with Crippen molar-refractivity contribution in [3.05, 3.63) is 55.7 Å². The summed E-state index contributed by atoms with van der Waals surface area (Å²) < 4.78 is 0. The van der Waals surface area contributed by atoms with Gasteiger partial charge in [-0.3, -0.25) is 10.1 Å². The van der Waals surface area contributed by atoms with Gasteiger partial charge < -0.3 is 5.32 Å². The van der Waals surface area contributed by atoms with E-state index in [9.17, 15) is 10.1 Å². The fourth-order valence-electron chi connectivity index (χ4n) is 2.77. The number of nitro groups is 1. The van der Waals surface area contributed by atoms with Crippen LogP contribution < -0.4 is 5.32 Å². The Morgan fingerprint density at radius 1 is 1.25 bits per heavy atom. The Morgan fingerprint density at radius 2 is 2.04 bits per heavy atom. The van der Waals surface area contributed by atoms with E-state index in [2.05, 4.69) is 15.3 Å². The zero-order valence-corrected chi connectivity index (χ0v) is 14.6. The van der Waals surface area contributed by atoms with Crippen molar-refractivity contribution < 1.29 is 4.92 Å². The Morgan fingerprint density at radius 3 is 2.71 bits per heavy atom. The van der Waals surface area contributed by atoms with Gasteiger partial charge in [-0.05, 0) is 26.8 Å². The van der Waals surface area contributed by atoms with Gasteiger partial charge in [0.1, 0.15) is 0 Å². The minimum absolute atomic E-state index is 0.0353. The molecule has 24 heavy (non-hydrogen) atoms. The minimum Gasteiger partial charge on any atom is -0.384 e. The van der Waals surface area contributed by atoms with Crippen molar-refractivity contribution >= 4 is 33.6 Å². The lowest BCUT2D eigenvalue weighted by Crippen LogP contribution is -2.06. The summed E-state index contributed by atoms with van der Waals surface area (Å²) >= 11 is 1.71. The number of para-hydroxylation sites is 1. The molecule has 0 saturated heterocycles. The Balaban J connectivity index is 1.88. The van der Waals surface area contributed by atoms with Gasteiger partial charge in [0, 0.05) is 40.7 Å². The molecule has 124 valence electrons. The minimum atomic E-state index is -0.387. The number of aryl methyl sites for hydroxylation is 3. The molecule has 0 aliphatic rings. The van der Waals surface area contributed by atoms with Gasteiger partial charge in [-0.1, -0.05) is 12.1 Å². The second-order valence-electron chi connectivity index (χ2n) is 5.66. The number of rotatable bonds is 5. The average molecular weight is 342 g/mol. The predicted octanol–water partition coefficient (Wildman–Crippen LogP) is 4.18. The van der Waals surface area contributed by atoms with Gasteiger partial charge in [0.15, 0.2) is 5.52 Å². The van der Waals surface area contributed by atoms with Gasteiger partial charge >= 0.3 is 0 Å². The van der Waals surface area contributed by atoms with Crippen molar-refractivity contribution in [1.82, 2.24) is 9.97 Å². The molecule has 0 bridgehead atoms. The topological polar surface area (TPSA) is 81.0 Å². The van der Waals surface area contributed by atoms with Crippen molar-refractivity contribution in [3.63, 3.8) is 0 Å². The molecule has 0 saturated carbocycles. The third-order valence-corrected chi connectivity index (χ3v) is 4.94. The van der Waals surface area contributed by atoms with Gasteiger partial charge in [0.25, 0.3) is 5.69 Å². The highest BCUT2D eigenvalue weighted by molar-refractivity contribution is 7.11. The van der Waals surface area contributed by atoms with Gasteiger partial charge in [-0.25, -0.2) is 9.97 Å². The predicted molar refractivity (Wildman–Crippen MR) is 96.9 cm³/mol. The van der Waals surface area contributed by atoms with Crippen molar-refractivity contribution in [2.75, 3.05) is 11.9 Å². The van der Waals surface area contributed by atoms with Crippen LogP contribution in [0.2, 0.25) is 0 Å². The third-order valence-electron chi connectivity index (χ3n) is 3.81. The van der Waals surface area contributed by atoms with Gasteiger partial charge in [0.05, 0.1) is 15.6 Å². The van der Waals surface area contributed by atoms with Crippen molar-refractivity contribution in [2.24, 2.45) is 0 Å². The van der Waals surface area contributed by atoms with Crippen LogP contribution in [-0.4, -0.2) is 21.4 Å². The Bertz CT molecular complexity index is 920. The summed E-state index contributed by atoms with van der Waals surface area (Å²) in [6.07, 6.45) is 0.870. The summed E-state index contributed by atoms with van der Waals surface area (Å²) in [4.78, 5) is 20.9. The summed E-state index contributed by atoms with van der Waals surface area (Å²) in [6.45, 7) is 6.61. The second-order valence-corrected chi connectivity index (χ2v) is 6.95. The molecular weight excluding hydrogens is 324 g/mol. The number of non-ortho nitro benzene ring substituents is 1. The number of nitrogens with zero attached hydrogens (tertiary/aromatic N) is 3. The molecule has 0 unspecified atom stereocenters. The van der Waals surface area contributed by atoms with Gasteiger partial charge in [0.2, 0.25) is 0 Å². The summed E-state index contributed by atoms with van der Waals surface area (Å²) in [6, 6.07) is 6.97. The van der Waals surface area contributed by atoms with Crippen LogP contribution in [0.5, 0.6) is 0 Å². The highest BCUT2D eigenvalue weighted by Gasteiger charge is 2.15. The second kappa shape index (κ2) is 6.52. The van der Waals surface area contributed by atoms with Crippen molar-refractivity contribution in [1.29, 1.82) is 0 Å². The maximum atomic E-state index is 11.2. The smallest absolute Gasteiger partial charge is 0.295 e. The molecular formula is C17H18N4O2S. The Hall–Kier alpha value is -2.54. The van der Waals surface area contributed by atoms with Crippen LogP contribution >= 0.6 is 11.3 Å². The summed E-state index contributed by atoms with van der Waals surface area (Å²) in [5.41, 5.74) is 3.16. The summed E-state index contributed by atoms with van der Waals surface area (Å²) in [5, 5.41) is 16.5.